The van der Waals surface area contributed by atoms with Gasteiger partial charge in [0.05, 0.1) is 54.1 Å². The summed E-state index contributed by atoms with van der Waals surface area (Å²) in [5, 5.41) is 14.6. The highest BCUT2D eigenvalue weighted by Gasteiger charge is 2.40. The van der Waals surface area contributed by atoms with Crippen molar-refractivity contribution in [1.82, 2.24) is 24.6 Å². The Bertz CT molecular complexity index is 1520. The lowest BCUT2D eigenvalue weighted by molar-refractivity contribution is 0.00493. The van der Waals surface area contributed by atoms with Gasteiger partial charge in [-0.15, -0.1) is 0 Å². The lowest BCUT2D eigenvalue weighted by atomic mass is 9.71. The molecule has 4 heterocycles. The van der Waals surface area contributed by atoms with Crippen molar-refractivity contribution in [3.05, 3.63) is 70.9 Å². The number of carbonyl (C=O) groups excluding carboxylic acids is 1. The van der Waals surface area contributed by atoms with E-state index in [1.807, 2.05) is 37.4 Å². The molecule has 11 nitrogen and oxygen atoms in total. The Morgan fingerprint density at radius 3 is 2.33 bits per heavy atom. The molecule has 0 aromatic carbocycles. The van der Waals surface area contributed by atoms with E-state index in [-0.39, 0.29) is 12.2 Å². The minimum Gasteiger partial charge on any atom is -0.379 e. The van der Waals surface area contributed by atoms with Crippen LogP contribution in [0.2, 0.25) is 0 Å². The Morgan fingerprint density at radius 1 is 1.12 bits per heavy atom. The fourth-order valence-electron chi connectivity index (χ4n) is 5.70. The summed E-state index contributed by atoms with van der Waals surface area (Å²) in [6.45, 7) is 9.70. The third-order valence-electron chi connectivity index (χ3n) is 8.23. The Kier molecular flexibility index (Phi) is 10.4. The summed E-state index contributed by atoms with van der Waals surface area (Å²) in [6, 6.07) is 11.0. The van der Waals surface area contributed by atoms with Gasteiger partial charge >= 0.3 is 0 Å². The quantitative estimate of drug-likeness (QED) is 0.307. The maximum Gasteiger partial charge on any atom is 0.261 e. The number of pyridine rings is 2. The second-order valence-electron chi connectivity index (χ2n) is 11.6. The summed E-state index contributed by atoms with van der Waals surface area (Å²) in [5.74, 6) is 1.09. The number of ether oxygens (including phenoxy) is 1. The summed E-state index contributed by atoms with van der Waals surface area (Å²) in [5.41, 5.74) is 3.61. The van der Waals surface area contributed by atoms with Gasteiger partial charge in [0.2, 0.25) is 0 Å². The number of hydrogen-bond acceptors (Lipinski definition) is 9. The summed E-state index contributed by atoms with van der Waals surface area (Å²) >= 11 is 0. The molecule has 3 aromatic rings. The molecule has 1 aliphatic heterocycles. The topological polar surface area (TPSA) is 151 Å². The molecule has 230 valence electrons. The maximum absolute atomic E-state index is 13.1. The maximum atomic E-state index is 13.1. The van der Waals surface area contributed by atoms with E-state index in [0.717, 1.165) is 74.5 Å². The Morgan fingerprint density at radius 2 is 1.79 bits per heavy atom. The molecule has 5 rings (SSSR count). The van der Waals surface area contributed by atoms with Gasteiger partial charge in [-0.2, -0.15) is 18.8 Å². The van der Waals surface area contributed by atoms with Crippen molar-refractivity contribution in [2.45, 2.75) is 70.3 Å². The zero-order chi connectivity index (χ0) is 31.2. The first-order valence-corrected chi connectivity index (χ1v) is 16.4. The Hall–Kier alpha value is -3.50. The Balaban J connectivity index is 0.000000782. The van der Waals surface area contributed by atoms with Crippen LogP contribution in [0.4, 0.5) is 0 Å². The normalized spacial score (nSPS) is 21.1. The zero-order valence-corrected chi connectivity index (χ0v) is 26.0. The number of Topliss-reactive ketones (excluding diaryl/α,β-unsaturated/α-hetero) is 1. The Labute approximate surface area is 253 Å². The van der Waals surface area contributed by atoms with Crippen LogP contribution in [0.1, 0.15) is 78.3 Å². The summed E-state index contributed by atoms with van der Waals surface area (Å²) in [7, 11) is -3.67. The van der Waals surface area contributed by atoms with Crippen molar-refractivity contribution in [2.24, 2.45) is 0 Å². The zero-order valence-electron chi connectivity index (χ0n) is 25.2. The highest BCUT2D eigenvalue weighted by molar-refractivity contribution is 7.85. The molecule has 43 heavy (non-hydrogen) atoms. The first kappa shape index (κ1) is 32.4. The number of morpholine rings is 1. The van der Waals surface area contributed by atoms with Crippen molar-refractivity contribution in [1.29, 1.82) is 5.26 Å². The first-order chi connectivity index (χ1) is 20.4. The van der Waals surface area contributed by atoms with Crippen LogP contribution in [-0.4, -0.2) is 82.0 Å². The molecule has 1 N–H and O–H groups in total. The molecule has 0 amide bonds. The predicted molar refractivity (Wildman–Crippen MR) is 162 cm³/mol. The van der Waals surface area contributed by atoms with Gasteiger partial charge in [-0.05, 0) is 61.8 Å². The van der Waals surface area contributed by atoms with Gasteiger partial charge in [-0.3, -0.25) is 19.2 Å². The molecule has 0 spiro atoms. The predicted octanol–water partition coefficient (Wildman–Crippen LogP) is 4.06. The summed E-state index contributed by atoms with van der Waals surface area (Å²) in [4.78, 5) is 24.9. The lowest BCUT2D eigenvalue weighted by Gasteiger charge is -2.41. The minimum absolute atomic E-state index is 0.0110. The van der Waals surface area contributed by atoms with Gasteiger partial charge in [0.1, 0.15) is 0 Å². The van der Waals surface area contributed by atoms with Crippen LogP contribution in [0.5, 0.6) is 0 Å². The van der Waals surface area contributed by atoms with Crippen LogP contribution in [0, 0.1) is 18.3 Å². The molecule has 0 radical (unpaired) electrons. The van der Waals surface area contributed by atoms with Gasteiger partial charge < -0.3 is 4.74 Å². The highest BCUT2D eigenvalue weighted by Crippen LogP contribution is 2.39. The SMILES string of the molecule is CS(=O)(=O)O.Cc1c(C(=O)Cc2ccc(C3(C#N)CCC(N4CCOCC4)CC3)nc2)cnn1-c1ccc(C(C)C)cn1. The average Bonchev–Trinajstić information content (AvgIpc) is 3.38. The summed E-state index contributed by atoms with van der Waals surface area (Å²) < 4.78 is 33.1. The monoisotopic (exact) mass is 608 g/mol. The molecule has 1 saturated heterocycles. The van der Waals surface area contributed by atoms with Crippen LogP contribution < -0.4 is 0 Å². The van der Waals surface area contributed by atoms with E-state index in [0.29, 0.717) is 29.6 Å². The molecule has 2 fully saturated rings. The van der Waals surface area contributed by atoms with E-state index in [9.17, 15) is 18.5 Å². The van der Waals surface area contributed by atoms with Crippen molar-refractivity contribution in [3.8, 4) is 11.9 Å². The highest BCUT2D eigenvalue weighted by atomic mass is 32.2. The number of ketones is 1. The van der Waals surface area contributed by atoms with Gasteiger partial charge in [0, 0.05) is 37.9 Å². The number of nitriles is 1. The van der Waals surface area contributed by atoms with Gasteiger partial charge in [-0.25, -0.2) is 9.67 Å². The van der Waals surface area contributed by atoms with Crippen molar-refractivity contribution >= 4 is 15.9 Å². The molecular formula is C31H40N6O5S. The van der Waals surface area contributed by atoms with Crippen LogP contribution in [-0.2, 0) is 26.7 Å². The van der Waals surface area contributed by atoms with Crippen LogP contribution >= 0.6 is 0 Å². The first-order valence-electron chi connectivity index (χ1n) is 14.6. The molecule has 0 atom stereocenters. The van der Waals surface area contributed by atoms with E-state index < -0.39 is 15.5 Å². The molecule has 3 aromatic heterocycles. The van der Waals surface area contributed by atoms with E-state index in [1.165, 1.54) is 0 Å². The lowest BCUT2D eigenvalue weighted by Crippen LogP contribution is -2.47. The second kappa shape index (κ2) is 13.9. The molecule has 12 heteroatoms. The fourth-order valence-corrected chi connectivity index (χ4v) is 5.70. The second-order valence-corrected chi connectivity index (χ2v) is 13.1. The van der Waals surface area contributed by atoms with E-state index in [1.54, 1.807) is 17.1 Å². The molecular weight excluding hydrogens is 568 g/mol. The average molecular weight is 609 g/mol. The van der Waals surface area contributed by atoms with Gasteiger partial charge in [-0.1, -0.05) is 26.0 Å². The van der Waals surface area contributed by atoms with Crippen LogP contribution in [0.3, 0.4) is 0 Å². The van der Waals surface area contributed by atoms with Crippen molar-refractivity contribution in [2.75, 3.05) is 32.6 Å². The standard InChI is InChI=1S/C30H36N6O2.CH4O3S/c1-21(2)24-5-7-29(33-18-24)36-22(3)26(19-34-36)27(37)16-23-4-6-28(32-17-23)30(20-31)10-8-25(9-11-30)35-12-14-38-15-13-35;1-5(2,3)4/h4-7,17-19,21,25H,8-16H2,1-3H3;1H3,(H,2,3,4). The molecule has 1 saturated carbocycles. The van der Waals surface area contributed by atoms with Crippen LogP contribution in [0.25, 0.3) is 5.82 Å². The summed E-state index contributed by atoms with van der Waals surface area (Å²) in [6.07, 6.45) is 9.79. The van der Waals surface area contributed by atoms with Crippen molar-refractivity contribution in [3.63, 3.8) is 0 Å². The third-order valence-corrected chi connectivity index (χ3v) is 8.23. The molecule has 0 bridgehead atoms. The van der Waals surface area contributed by atoms with Crippen molar-refractivity contribution < 1.29 is 22.5 Å². The minimum atomic E-state index is -3.67. The smallest absolute Gasteiger partial charge is 0.261 e. The number of carbonyl (C=O) groups is 1. The van der Waals surface area contributed by atoms with Gasteiger partial charge in [0.25, 0.3) is 10.1 Å². The third kappa shape index (κ3) is 8.32. The number of hydrogen-bond donors (Lipinski definition) is 1. The van der Waals surface area contributed by atoms with Crippen LogP contribution in [0.15, 0.2) is 42.9 Å². The largest absolute Gasteiger partial charge is 0.379 e. The van der Waals surface area contributed by atoms with Gasteiger partial charge in [0.15, 0.2) is 11.6 Å². The van der Waals surface area contributed by atoms with E-state index >= 15 is 0 Å². The van der Waals surface area contributed by atoms with E-state index in [4.69, 9.17) is 9.29 Å². The van der Waals surface area contributed by atoms with E-state index in [2.05, 4.69) is 39.9 Å². The molecule has 2 aliphatic rings. The number of nitrogens with zero attached hydrogens (tertiary/aromatic N) is 6. The molecule has 0 unspecified atom stereocenters. The fraction of sp³-hybridized carbons (Fsp3) is 0.516. The number of aromatic nitrogens is 4. The number of rotatable bonds is 7. The molecule has 1 aliphatic carbocycles.